The Balaban J connectivity index is 1.91. The van der Waals surface area contributed by atoms with Gasteiger partial charge in [-0.1, -0.05) is 32.9 Å². The third-order valence-electron chi connectivity index (χ3n) is 5.04. The maximum atomic E-state index is 12.6. The summed E-state index contributed by atoms with van der Waals surface area (Å²) < 4.78 is 5.31. The highest BCUT2D eigenvalue weighted by Crippen LogP contribution is 2.22. The van der Waals surface area contributed by atoms with Crippen LogP contribution in [0.25, 0.3) is 0 Å². The van der Waals surface area contributed by atoms with E-state index in [9.17, 15) is 9.59 Å². The van der Waals surface area contributed by atoms with Crippen LogP contribution in [0.1, 0.15) is 32.4 Å². The lowest BCUT2D eigenvalue weighted by atomic mass is 9.94. The maximum Gasteiger partial charge on any atom is 0.317 e. The number of benzene rings is 1. The fraction of sp³-hybridized carbons (Fsp3) is 0.619. The second-order valence-electron chi connectivity index (χ2n) is 8.47. The Bertz CT molecular complexity index is 676. The Labute approximate surface area is 168 Å². The molecule has 1 unspecified atom stereocenters. The van der Waals surface area contributed by atoms with E-state index in [0.717, 1.165) is 11.3 Å². The number of likely N-dealkylation sites (N-methyl/N-ethyl adjacent to an activating group) is 1. The number of rotatable bonds is 5. The number of piperazine rings is 1. The van der Waals surface area contributed by atoms with Crippen molar-refractivity contribution in [1.29, 1.82) is 0 Å². The number of carbonyl (C=O) groups excluding carboxylic acids is 2. The predicted octanol–water partition coefficient (Wildman–Crippen LogP) is 2.20. The van der Waals surface area contributed by atoms with Crippen LogP contribution in [0.3, 0.4) is 0 Å². The van der Waals surface area contributed by atoms with Crippen molar-refractivity contribution in [3.8, 4) is 5.75 Å². The third-order valence-corrected chi connectivity index (χ3v) is 5.04. The van der Waals surface area contributed by atoms with Gasteiger partial charge in [0.1, 0.15) is 5.75 Å². The second kappa shape index (κ2) is 9.28. The largest absolute Gasteiger partial charge is 0.497 e. The molecular formula is C21H34N4O3. The highest BCUT2D eigenvalue weighted by atomic mass is 16.5. The van der Waals surface area contributed by atoms with Crippen LogP contribution in [0.15, 0.2) is 24.3 Å². The molecule has 28 heavy (non-hydrogen) atoms. The summed E-state index contributed by atoms with van der Waals surface area (Å²) in [4.78, 5) is 30.7. The van der Waals surface area contributed by atoms with Crippen molar-refractivity contribution in [2.45, 2.75) is 26.8 Å². The van der Waals surface area contributed by atoms with E-state index in [1.54, 1.807) is 12.0 Å². The number of methoxy groups -OCH3 is 1. The van der Waals surface area contributed by atoms with Crippen LogP contribution >= 0.6 is 0 Å². The van der Waals surface area contributed by atoms with Crippen molar-refractivity contribution in [3.63, 3.8) is 0 Å². The molecule has 156 valence electrons. The summed E-state index contributed by atoms with van der Waals surface area (Å²) in [5.41, 5.74) is 0.699. The Morgan fingerprint density at radius 3 is 2.29 bits per heavy atom. The van der Waals surface area contributed by atoms with Crippen LogP contribution in [0.4, 0.5) is 4.79 Å². The second-order valence-corrected chi connectivity index (χ2v) is 8.47. The molecular weight excluding hydrogens is 356 g/mol. The van der Waals surface area contributed by atoms with Crippen molar-refractivity contribution in [3.05, 3.63) is 29.8 Å². The summed E-state index contributed by atoms with van der Waals surface area (Å²) in [7, 11) is 5.63. The maximum absolute atomic E-state index is 12.6. The van der Waals surface area contributed by atoms with Crippen LogP contribution in [0, 0.1) is 5.41 Å². The van der Waals surface area contributed by atoms with E-state index < -0.39 is 0 Å². The van der Waals surface area contributed by atoms with Crippen LogP contribution < -0.4 is 10.1 Å². The number of hydrogen-bond acceptors (Lipinski definition) is 4. The molecule has 0 spiro atoms. The van der Waals surface area contributed by atoms with Gasteiger partial charge < -0.3 is 24.8 Å². The summed E-state index contributed by atoms with van der Waals surface area (Å²) in [5.74, 6) is 0.938. The molecule has 0 aromatic heterocycles. The van der Waals surface area contributed by atoms with E-state index in [0.29, 0.717) is 32.7 Å². The molecule has 1 saturated heterocycles. The first-order valence-corrected chi connectivity index (χ1v) is 9.76. The first kappa shape index (κ1) is 22.0. The molecule has 0 saturated carbocycles. The smallest absolute Gasteiger partial charge is 0.317 e. The van der Waals surface area contributed by atoms with Gasteiger partial charge in [-0.15, -0.1) is 0 Å². The summed E-state index contributed by atoms with van der Waals surface area (Å²) in [6.45, 7) is 8.54. The fourth-order valence-corrected chi connectivity index (χ4v) is 3.33. The molecule has 7 heteroatoms. The standard InChI is InChI=1S/C21H34N4O3/c1-21(2,3)19(26)24-10-12-25(13-11-24)20(27)22-15-18(23(4)5)16-8-7-9-17(14-16)28-6/h7-9,14,18H,10-13,15H2,1-6H3,(H,22,27). The molecule has 1 heterocycles. The van der Waals surface area contributed by atoms with E-state index in [1.165, 1.54) is 0 Å². The van der Waals surface area contributed by atoms with Crippen LogP contribution in [0.2, 0.25) is 0 Å². The molecule has 7 nitrogen and oxygen atoms in total. The molecule has 1 aromatic carbocycles. The zero-order valence-electron chi connectivity index (χ0n) is 18.0. The fourth-order valence-electron chi connectivity index (χ4n) is 3.33. The van der Waals surface area contributed by atoms with Gasteiger partial charge in [0.25, 0.3) is 0 Å². The van der Waals surface area contributed by atoms with Gasteiger partial charge in [0, 0.05) is 38.1 Å². The Hall–Kier alpha value is -2.28. The molecule has 1 aromatic rings. The van der Waals surface area contributed by atoms with E-state index in [-0.39, 0.29) is 23.4 Å². The van der Waals surface area contributed by atoms with Gasteiger partial charge in [-0.3, -0.25) is 4.79 Å². The zero-order valence-corrected chi connectivity index (χ0v) is 18.0. The van der Waals surface area contributed by atoms with Crippen molar-refractivity contribution in [2.24, 2.45) is 5.41 Å². The van der Waals surface area contributed by atoms with Crippen molar-refractivity contribution >= 4 is 11.9 Å². The van der Waals surface area contributed by atoms with Gasteiger partial charge in [-0.05, 0) is 31.8 Å². The summed E-state index contributed by atoms with van der Waals surface area (Å²) in [5, 5.41) is 3.05. The van der Waals surface area contributed by atoms with Crippen molar-refractivity contribution in [1.82, 2.24) is 20.0 Å². The number of nitrogens with zero attached hydrogens (tertiary/aromatic N) is 3. The summed E-state index contributed by atoms with van der Waals surface area (Å²) in [6.07, 6.45) is 0. The van der Waals surface area contributed by atoms with Gasteiger partial charge in [-0.2, -0.15) is 0 Å². The molecule has 3 amide bonds. The van der Waals surface area contributed by atoms with Crippen LogP contribution in [-0.2, 0) is 4.79 Å². The lowest BCUT2D eigenvalue weighted by Crippen LogP contribution is -2.55. The molecule has 2 rings (SSSR count). The molecule has 0 bridgehead atoms. The van der Waals surface area contributed by atoms with Gasteiger partial charge in [0.05, 0.1) is 13.2 Å². The lowest BCUT2D eigenvalue weighted by Gasteiger charge is -2.38. The van der Waals surface area contributed by atoms with Gasteiger partial charge >= 0.3 is 6.03 Å². The van der Waals surface area contributed by atoms with E-state index in [2.05, 4.69) is 10.2 Å². The summed E-state index contributed by atoms with van der Waals surface area (Å²) >= 11 is 0. The minimum absolute atomic E-state index is 0.0443. The first-order valence-electron chi connectivity index (χ1n) is 9.76. The third kappa shape index (κ3) is 5.61. The molecule has 1 atom stereocenters. The van der Waals surface area contributed by atoms with E-state index >= 15 is 0 Å². The number of hydrogen-bond donors (Lipinski definition) is 1. The molecule has 0 aliphatic carbocycles. The number of ether oxygens (including phenoxy) is 1. The lowest BCUT2D eigenvalue weighted by molar-refractivity contribution is -0.140. The molecule has 1 aliphatic heterocycles. The Morgan fingerprint density at radius 1 is 1.14 bits per heavy atom. The van der Waals surface area contributed by atoms with E-state index in [4.69, 9.17) is 4.74 Å². The van der Waals surface area contributed by atoms with Crippen molar-refractivity contribution in [2.75, 3.05) is 53.9 Å². The normalized spacial score (nSPS) is 16.1. The van der Waals surface area contributed by atoms with E-state index in [1.807, 2.05) is 64.0 Å². The minimum atomic E-state index is -0.389. The minimum Gasteiger partial charge on any atom is -0.497 e. The average molecular weight is 391 g/mol. The zero-order chi connectivity index (χ0) is 20.9. The highest BCUT2D eigenvalue weighted by Gasteiger charge is 2.31. The Kier molecular flexibility index (Phi) is 7.29. The predicted molar refractivity (Wildman–Crippen MR) is 110 cm³/mol. The number of nitrogens with one attached hydrogen (secondary N) is 1. The van der Waals surface area contributed by atoms with Gasteiger partial charge in [0.15, 0.2) is 0 Å². The Morgan fingerprint density at radius 2 is 1.75 bits per heavy atom. The first-order chi connectivity index (χ1) is 13.1. The number of carbonyl (C=O) groups is 2. The quantitative estimate of drug-likeness (QED) is 0.837. The topological polar surface area (TPSA) is 65.1 Å². The van der Waals surface area contributed by atoms with Gasteiger partial charge in [0.2, 0.25) is 5.91 Å². The molecule has 0 radical (unpaired) electrons. The molecule has 1 aliphatic rings. The SMILES string of the molecule is COc1cccc(C(CNC(=O)N2CCN(C(=O)C(C)(C)C)CC2)N(C)C)c1. The van der Waals surface area contributed by atoms with Crippen molar-refractivity contribution < 1.29 is 14.3 Å². The number of amides is 3. The van der Waals surface area contributed by atoms with Crippen LogP contribution in [-0.4, -0.2) is 80.6 Å². The van der Waals surface area contributed by atoms with Gasteiger partial charge in [-0.25, -0.2) is 4.79 Å². The molecule has 1 N–H and O–H groups in total. The molecule has 1 fully saturated rings. The summed E-state index contributed by atoms with van der Waals surface area (Å²) in [6, 6.07) is 7.86. The highest BCUT2D eigenvalue weighted by molar-refractivity contribution is 5.82. The average Bonchev–Trinajstić information content (AvgIpc) is 2.66. The van der Waals surface area contributed by atoms with Crippen LogP contribution in [0.5, 0.6) is 5.75 Å². The monoisotopic (exact) mass is 390 g/mol. The number of urea groups is 1.